The Balaban J connectivity index is 2.15. The Kier molecular flexibility index (Phi) is 15.7. The normalized spacial score (nSPS) is 12.2. The lowest BCUT2D eigenvalue weighted by atomic mass is 9.80. The summed E-state index contributed by atoms with van der Waals surface area (Å²) in [5.41, 5.74) is 6.02. The third kappa shape index (κ3) is 11.9. The fourth-order valence-electron chi connectivity index (χ4n) is 5.55. The summed E-state index contributed by atoms with van der Waals surface area (Å²) in [5.74, 6) is 2.25. The minimum absolute atomic E-state index is 0.232. The van der Waals surface area contributed by atoms with Gasteiger partial charge in [-0.1, -0.05) is 143 Å². The van der Waals surface area contributed by atoms with Crippen LogP contribution in [0.4, 0.5) is 11.4 Å². The zero-order valence-electron chi connectivity index (χ0n) is 26.8. The molecule has 0 amide bonds. The van der Waals surface area contributed by atoms with Crippen LogP contribution in [0.25, 0.3) is 0 Å². The zero-order chi connectivity index (χ0) is 28.6. The second-order valence-corrected chi connectivity index (χ2v) is 14.1. The maximum Gasteiger partial charge on any atom is 0.0688 e. The average Bonchev–Trinajstić information content (AvgIpc) is 2.93. The molecule has 2 rings (SSSR count). The molecule has 0 aliphatic heterocycles. The second kappa shape index (κ2) is 18.1. The first kappa shape index (κ1) is 33.8. The Morgan fingerprint density at radius 3 is 1.33 bits per heavy atom. The van der Waals surface area contributed by atoms with Gasteiger partial charge in [-0.3, -0.25) is 0 Å². The van der Waals surface area contributed by atoms with Crippen LogP contribution in [0.15, 0.2) is 48.5 Å². The molecule has 0 bridgehead atoms. The van der Waals surface area contributed by atoms with E-state index < -0.39 is 0 Å². The van der Waals surface area contributed by atoms with Crippen LogP contribution in [0.2, 0.25) is 0 Å². The number of hydrogen-bond acceptors (Lipinski definition) is 2. The molecule has 2 heteroatoms. The van der Waals surface area contributed by atoms with Gasteiger partial charge in [-0.15, -0.1) is 11.8 Å². The Hall–Kier alpha value is -1.41. The first-order chi connectivity index (χ1) is 18.7. The second-order valence-electron chi connectivity index (χ2n) is 13.0. The predicted molar refractivity (Wildman–Crippen MR) is 180 cm³/mol. The van der Waals surface area contributed by atoms with Crippen molar-refractivity contribution in [2.24, 2.45) is 0 Å². The lowest BCUT2D eigenvalue weighted by molar-refractivity contribution is 0.450. The lowest BCUT2D eigenvalue weighted by Crippen LogP contribution is -2.20. The molecule has 2 aromatic rings. The number of rotatable bonds is 21. The zero-order valence-corrected chi connectivity index (χ0v) is 27.6. The summed E-state index contributed by atoms with van der Waals surface area (Å²) in [6.45, 7) is 16.5. The summed E-state index contributed by atoms with van der Waals surface area (Å²) < 4.78 is 0. The van der Waals surface area contributed by atoms with Crippen LogP contribution >= 0.6 is 11.8 Å². The van der Waals surface area contributed by atoms with Crippen molar-refractivity contribution in [3.8, 4) is 0 Å². The molecule has 0 aliphatic carbocycles. The van der Waals surface area contributed by atoms with Gasteiger partial charge in [0.1, 0.15) is 0 Å². The SMILES string of the molecule is CCCCCCCCSCN(c1ccc(C(C)(C)CCCCC)cc1)c1ccc(C(C)(C)CCCCC)cc1. The Bertz CT molecular complexity index is 815. The summed E-state index contributed by atoms with van der Waals surface area (Å²) in [4.78, 5) is 2.53. The third-order valence-corrected chi connectivity index (χ3v) is 9.61. The van der Waals surface area contributed by atoms with E-state index in [9.17, 15) is 0 Å². The van der Waals surface area contributed by atoms with Gasteiger partial charge in [-0.05, 0) is 71.2 Å². The minimum atomic E-state index is 0.232. The van der Waals surface area contributed by atoms with Gasteiger partial charge in [0.05, 0.1) is 5.88 Å². The van der Waals surface area contributed by atoms with Crippen molar-refractivity contribution < 1.29 is 0 Å². The number of nitrogens with zero attached hydrogens (tertiary/aromatic N) is 1. The summed E-state index contributed by atoms with van der Waals surface area (Å²) in [6.07, 6.45) is 18.6. The fourth-order valence-corrected chi connectivity index (χ4v) is 6.56. The highest BCUT2D eigenvalue weighted by Gasteiger charge is 2.22. The van der Waals surface area contributed by atoms with E-state index in [1.807, 2.05) is 0 Å². The molecular weight excluding hydrogens is 490 g/mol. The lowest BCUT2D eigenvalue weighted by Gasteiger charge is -2.29. The summed E-state index contributed by atoms with van der Waals surface area (Å²) in [5, 5.41) is 0. The molecule has 0 N–H and O–H groups in total. The molecule has 39 heavy (non-hydrogen) atoms. The standard InChI is InChI=1S/C37H61NS/c1-8-11-14-15-16-19-30-39-31-38(34-24-20-32(21-25-34)36(4,5)28-17-12-9-2)35-26-22-33(23-27-35)37(6,7)29-18-13-10-3/h20-27H,8-19,28-31H2,1-7H3. The Morgan fingerprint density at radius 2 is 0.897 bits per heavy atom. The van der Waals surface area contributed by atoms with E-state index in [-0.39, 0.29) is 10.8 Å². The topological polar surface area (TPSA) is 3.24 Å². The van der Waals surface area contributed by atoms with Gasteiger partial charge in [0, 0.05) is 11.4 Å². The van der Waals surface area contributed by atoms with E-state index in [4.69, 9.17) is 0 Å². The molecule has 0 heterocycles. The van der Waals surface area contributed by atoms with Gasteiger partial charge in [-0.25, -0.2) is 0 Å². The van der Waals surface area contributed by atoms with Gasteiger partial charge in [0.25, 0.3) is 0 Å². The largest absolute Gasteiger partial charge is 0.332 e. The Labute approximate surface area is 247 Å². The summed E-state index contributed by atoms with van der Waals surface area (Å²) >= 11 is 2.09. The molecule has 220 valence electrons. The number of anilines is 2. The van der Waals surface area contributed by atoms with E-state index in [0.717, 1.165) is 5.88 Å². The molecule has 0 spiro atoms. The molecule has 0 fully saturated rings. The van der Waals surface area contributed by atoms with Crippen molar-refractivity contribution in [3.63, 3.8) is 0 Å². The van der Waals surface area contributed by atoms with Crippen LogP contribution in [-0.4, -0.2) is 11.6 Å². The van der Waals surface area contributed by atoms with Gasteiger partial charge >= 0.3 is 0 Å². The molecular formula is C37H61NS. The van der Waals surface area contributed by atoms with E-state index >= 15 is 0 Å². The number of hydrogen-bond donors (Lipinski definition) is 0. The first-order valence-electron chi connectivity index (χ1n) is 16.3. The van der Waals surface area contributed by atoms with E-state index in [0.29, 0.717) is 0 Å². The molecule has 0 radical (unpaired) electrons. The predicted octanol–water partition coefficient (Wildman–Crippen LogP) is 12.6. The van der Waals surface area contributed by atoms with Gasteiger partial charge in [-0.2, -0.15) is 0 Å². The van der Waals surface area contributed by atoms with E-state index in [1.54, 1.807) is 0 Å². The number of unbranched alkanes of at least 4 members (excludes halogenated alkanes) is 9. The van der Waals surface area contributed by atoms with E-state index in [1.165, 1.54) is 118 Å². The van der Waals surface area contributed by atoms with Crippen LogP contribution in [0.5, 0.6) is 0 Å². The highest BCUT2D eigenvalue weighted by Crippen LogP contribution is 2.35. The maximum atomic E-state index is 2.53. The van der Waals surface area contributed by atoms with Crippen LogP contribution < -0.4 is 4.90 Å². The van der Waals surface area contributed by atoms with Crippen molar-refractivity contribution in [1.82, 2.24) is 0 Å². The Morgan fingerprint density at radius 1 is 0.513 bits per heavy atom. The van der Waals surface area contributed by atoms with Crippen LogP contribution in [-0.2, 0) is 10.8 Å². The molecule has 0 saturated heterocycles. The summed E-state index contributed by atoms with van der Waals surface area (Å²) in [7, 11) is 0. The van der Waals surface area contributed by atoms with Crippen molar-refractivity contribution in [3.05, 3.63) is 59.7 Å². The van der Waals surface area contributed by atoms with Crippen LogP contribution in [0, 0.1) is 0 Å². The highest BCUT2D eigenvalue weighted by atomic mass is 32.2. The molecule has 1 nitrogen and oxygen atoms in total. The highest BCUT2D eigenvalue weighted by molar-refractivity contribution is 7.99. The molecule has 0 saturated carbocycles. The van der Waals surface area contributed by atoms with Gasteiger partial charge in [0.2, 0.25) is 0 Å². The van der Waals surface area contributed by atoms with Crippen molar-refractivity contribution in [2.75, 3.05) is 16.5 Å². The fraction of sp³-hybridized carbons (Fsp3) is 0.676. The quantitative estimate of drug-likeness (QED) is 0.112. The van der Waals surface area contributed by atoms with Crippen molar-refractivity contribution in [2.45, 2.75) is 149 Å². The maximum absolute atomic E-state index is 2.53. The van der Waals surface area contributed by atoms with Crippen molar-refractivity contribution >= 4 is 23.1 Å². The molecule has 0 aromatic heterocycles. The van der Waals surface area contributed by atoms with Crippen molar-refractivity contribution in [1.29, 1.82) is 0 Å². The molecule has 2 aromatic carbocycles. The molecule has 0 unspecified atom stereocenters. The van der Waals surface area contributed by atoms with Gasteiger partial charge in [0.15, 0.2) is 0 Å². The number of thioether (sulfide) groups is 1. The van der Waals surface area contributed by atoms with E-state index in [2.05, 4.69) is 114 Å². The minimum Gasteiger partial charge on any atom is -0.332 e. The molecule has 0 aliphatic rings. The average molecular weight is 552 g/mol. The third-order valence-electron chi connectivity index (χ3n) is 8.59. The molecule has 0 atom stereocenters. The van der Waals surface area contributed by atoms with Crippen LogP contribution in [0.3, 0.4) is 0 Å². The smallest absolute Gasteiger partial charge is 0.0688 e. The van der Waals surface area contributed by atoms with Crippen LogP contribution in [0.1, 0.15) is 149 Å². The number of benzene rings is 2. The van der Waals surface area contributed by atoms with Gasteiger partial charge < -0.3 is 4.90 Å². The monoisotopic (exact) mass is 551 g/mol. The summed E-state index contributed by atoms with van der Waals surface area (Å²) in [6, 6.07) is 19.0. The first-order valence-corrected chi connectivity index (χ1v) is 17.5.